The molecule has 1 N–H and O–H groups in total. The number of nitrogens with one attached hydrogen (secondary N) is 1. The largest absolute Gasteiger partial charge is 0.497 e. The van der Waals surface area contributed by atoms with Crippen molar-refractivity contribution in [2.75, 3.05) is 7.11 Å². The topological polar surface area (TPSA) is 68.0 Å². The lowest BCUT2D eigenvalue weighted by Gasteiger charge is -2.01. The summed E-state index contributed by atoms with van der Waals surface area (Å²) in [7, 11) is 1.63. The zero-order valence-corrected chi connectivity index (χ0v) is 17.1. The van der Waals surface area contributed by atoms with Gasteiger partial charge >= 0.3 is 0 Å². The van der Waals surface area contributed by atoms with Crippen LogP contribution in [0.1, 0.15) is 15.9 Å². The molecule has 0 unspecified atom stereocenters. The number of ether oxygens (including phenoxy) is 1. The van der Waals surface area contributed by atoms with E-state index in [-0.39, 0.29) is 5.91 Å². The maximum atomic E-state index is 12.4. The number of hydrazone groups is 1. The highest BCUT2D eigenvalue weighted by molar-refractivity contribution is 9.10. The van der Waals surface area contributed by atoms with Crippen molar-refractivity contribution < 1.29 is 9.53 Å². The van der Waals surface area contributed by atoms with E-state index < -0.39 is 0 Å². The number of hydrogen-bond donors (Lipinski definition) is 1. The van der Waals surface area contributed by atoms with Gasteiger partial charge < -0.3 is 9.14 Å². The van der Waals surface area contributed by atoms with Gasteiger partial charge in [0.15, 0.2) is 0 Å². The third-order valence-electron chi connectivity index (χ3n) is 4.37. The summed E-state index contributed by atoms with van der Waals surface area (Å²) in [6.07, 6.45) is 5.22. The molecule has 0 atom stereocenters. The summed E-state index contributed by atoms with van der Waals surface area (Å²) in [6.45, 7) is 0. The lowest BCUT2D eigenvalue weighted by molar-refractivity contribution is 0.0954. The van der Waals surface area contributed by atoms with Gasteiger partial charge in [0.25, 0.3) is 5.91 Å². The molecule has 7 heteroatoms. The fourth-order valence-corrected chi connectivity index (χ4v) is 3.22. The SMILES string of the molecule is COc1ccc(-c2cn3cc(C(=O)N/N=C/c4ccccc4Br)ccc3n2)cc1. The molecule has 0 radical (unpaired) electrons. The molecule has 144 valence electrons. The van der Waals surface area contributed by atoms with E-state index in [1.807, 2.05) is 59.1 Å². The monoisotopic (exact) mass is 448 g/mol. The Morgan fingerprint density at radius 2 is 1.90 bits per heavy atom. The standard InChI is InChI=1S/C22H17BrN4O2/c1-29-18-9-6-15(7-10-18)20-14-27-13-17(8-11-21(27)25-20)22(28)26-24-12-16-4-2-3-5-19(16)23/h2-14H,1H3,(H,26,28)/b24-12+. The number of benzene rings is 2. The van der Waals surface area contributed by atoms with Crippen LogP contribution in [0.2, 0.25) is 0 Å². The Labute approximate surface area is 176 Å². The zero-order chi connectivity index (χ0) is 20.2. The molecule has 0 saturated carbocycles. The van der Waals surface area contributed by atoms with Gasteiger partial charge in [-0.1, -0.05) is 34.1 Å². The van der Waals surface area contributed by atoms with Gasteiger partial charge in [-0.3, -0.25) is 4.79 Å². The number of imidazole rings is 1. The highest BCUT2D eigenvalue weighted by Crippen LogP contribution is 2.22. The van der Waals surface area contributed by atoms with Gasteiger partial charge in [-0.2, -0.15) is 5.10 Å². The lowest BCUT2D eigenvalue weighted by Crippen LogP contribution is -2.18. The van der Waals surface area contributed by atoms with Crippen LogP contribution in [0.25, 0.3) is 16.9 Å². The molecule has 4 rings (SSSR count). The summed E-state index contributed by atoms with van der Waals surface area (Å²) >= 11 is 3.44. The molecule has 0 saturated heterocycles. The quantitative estimate of drug-likeness (QED) is 0.360. The summed E-state index contributed by atoms with van der Waals surface area (Å²) in [5.41, 5.74) is 6.46. The molecule has 1 amide bonds. The van der Waals surface area contributed by atoms with Gasteiger partial charge in [0.05, 0.1) is 24.6 Å². The molecule has 4 aromatic rings. The average molecular weight is 449 g/mol. The van der Waals surface area contributed by atoms with E-state index >= 15 is 0 Å². The minimum absolute atomic E-state index is 0.296. The summed E-state index contributed by atoms with van der Waals surface area (Å²) in [5, 5.41) is 4.04. The molecule has 29 heavy (non-hydrogen) atoms. The van der Waals surface area contributed by atoms with E-state index in [0.29, 0.717) is 5.56 Å². The van der Waals surface area contributed by atoms with Crippen molar-refractivity contribution in [3.8, 4) is 17.0 Å². The Bertz CT molecular complexity index is 1200. The molecular formula is C22H17BrN4O2. The van der Waals surface area contributed by atoms with E-state index in [4.69, 9.17) is 4.74 Å². The Balaban J connectivity index is 1.52. The number of pyridine rings is 1. The highest BCUT2D eigenvalue weighted by Gasteiger charge is 2.09. The number of hydrogen-bond acceptors (Lipinski definition) is 4. The fourth-order valence-electron chi connectivity index (χ4n) is 2.83. The third-order valence-corrected chi connectivity index (χ3v) is 5.10. The van der Waals surface area contributed by atoms with Gasteiger partial charge in [-0.25, -0.2) is 10.4 Å². The molecule has 0 aliphatic heterocycles. The van der Waals surface area contributed by atoms with Crippen molar-refractivity contribution in [2.24, 2.45) is 5.10 Å². The molecule has 2 aromatic carbocycles. The first-order valence-electron chi connectivity index (χ1n) is 8.85. The molecule has 0 bridgehead atoms. The summed E-state index contributed by atoms with van der Waals surface area (Å²) < 4.78 is 7.92. The Kier molecular flexibility index (Phi) is 5.39. The van der Waals surface area contributed by atoms with Gasteiger partial charge in [0.2, 0.25) is 0 Å². The summed E-state index contributed by atoms with van der Waals surface area (Å²) in [6, 6.07) is 18.8. The van der Waals surface area contributed by atoms with Crippen LogP contribution in [0.3, 0.4) is 0 Å². The van der Waals surface area contributed by atoms with Crippen molar-refractivity contribution in [2.45, 2.75) is 0 Å². The zero-order valence-electron chi connectivity index (χ0n) is 15.5. The van der Waals surface area contributed by atoms with Crippen LogP contribution >= 0.6 is 15.9 Å². The molecule has 6 nitrogen and oxygen atoms in total. The number of halogens is 1. The van der Waals surface area contributed by atoms with Crippen molar-refractivity contribution in [3.05, 3.63) is 88.7 Å². The average Bonchev–Trinajstić information content (AvgIpc) is 3.18. The van der Waals surface area contributed by atoms with Crippen LogP contribution in [0.15, 0.2) is 82.6 Å². The number of methoxy groups -OCH3 is 1. The number of carbonyl (C=O) groups excluding carboxylic acids is 1. The van der Waals surface area contributed by atoms with Gasteiger partial charge in [0.1, 0.15) is 11.4 Å². The van der Waals surface area contributed by atoms with Crippen LogP contribution < -0.4 is 10.2 Å². The van der Waals surface area contributed by atoms with Crippen molar-refractivity contribution >= 4 is 33.7 Å². The molecule has 2 heterocycles. The van der Waals surface area contributed by atoms with Crippen molar-refractivity contribution in [1.29, 1.82) is 0 Å². The smallest absolute Gasteiger partial charge is 0.272 e. The Hall–Kier alpha value is -3.45. The van der Waals surface area contributed by atoms with E-state index in [0.717, 1.165) is 32.7 Å². The lowest BCUT2D eigenvalue weighted by atomic mass is 10.2. The molecule has 0 spiro atoms. The van der Waals surface area contributed by atoms with Gasteiger partial charge in [-0.05, 0) is 42.5 Å². The first-order valence-corrected chi connectivity index (χ1v) is 9.64. The second-order valence-corrected chi connectivity index (χ2v) is 7.11. The summed E-state index contributed by atoms with van der Waals surface area (Å²) in [4.78, 5) is 17.0. The van der Waals surface area contributed by atoms with Gasteiger partial charge in [-0.15, -0.1) is 0 Å². The Morgan fingerprint density at radius 1 is 1.10 bits per heavy atom. The van der Waals surface area contributed by atoms with Gasteiger partial charge in [0, 0.05) is 28.0 Å². The second-order valence-electron chi connectivity index (χ2n) is 6.26. The predicted molar refractivity (Wildman–Crippen MR) is 116 cm³/mol. The number of aromatic nitrogens is 2. The molecule has 0 fully saturated rings. The molecular weight excluding hydrogens is 432 g/mol. The van der Waals surface area contributed by atoms with Crippen LogP contribution in [-0.2, 0) is 0 Å². The van der Waals surface area contributed by atoms with Crippen molar-refractivity contribution in [1.82, 2.24) is 14.8 Å². The molecule has 0 aliphatic rings. The second kappa shape index (κ2) is 8.28. The number of amides is 1. The van der Waals surface area contributed by atoms with Crippen LogP contribution in [0.5, 0.6) is 5.75 Å². The number of rotatable bonds is 5. The minimum atomic E-state index is -0.296. The first-order chi connectivity index (χ1) is 14.1. The Morgan fingerprint density at radius 3 is 2.66 bits per heavy atom. The van der Waals surface area contributed by atoms with Crippen LogP contribution in [0, 0.1) is 0 Å². The highest BCUT2D eigenvalue weighted by atomic mass is 79.9. The number of carbonyl (C=O) groups is 1. The maximum absolute atomic E-state index is 12.4. The third kappa shape index (κ3) is 4.20. The predicted octanol–water partition coefficient (Wildman–Crippen LogP) is 4.54. The van der Waals surface area contributed by atoms with E-state index in [2.05, 4.69) is 31.4 Å². The van der Waals surface area contributed by atoms with E-state index in [9.17, 15) is 4.79 Å². The fraction of sp³-hybridized carbons (Fsp3) is 0.0455. The minimum Gasteiger partial charge on any atom is -0.497 e. The maximum Gasteiger partial charge on any atom is 0.272 e. The van der Waals surface area contributed by atoms with E-state index in [1.54, 1.807) is 31.7 Å². The first kappa shape index (κ1) is 18.9. The summed E-state index contributed by atoms with van der Waals surface area (Å²) in [5.74, 6) is 0.495. The number of fused-ring (bicyclic) bond motifs is 1. The van der Waals surface area contributed by atoms with E-state index in [1.165, 1.54) is 0 Å². The van der Waals surface area contributed by atoms with Crippen LogP contribution in [0.4, 0.5) is 0 Å². The number of nitrogens with zero attached hydrogens (tertiary/aromatic N) is 3. The molecule has 0 aliphatic carbocycles. The van der Waals surface area contributed by atoms with Crippen molar-refractivity contribution in [3.63, 3.8) is 0 Å². The van der Waals surface area contributed by atoms with Crippen LogP contribution in [-0.4, -0.2) is 28.6 Å². The normalized spacial score (nSPS) is 11.1. The molecule has 2 aromatic heterocycles.